The number of nitrogens with one attached hydrogen (secondary N) is 1. The molecule has 130 valence electrons. The second-order valence-electron chi connectivity index (χ2n) is 5.16. The number of allylic oxidation sites excluding steroid dienone is 1. The minimum absolute atomic E-state index is 0.325. The first kappa shape index (κ1) is 18.1. The van der Waals surface area contributed by atoms with Crippen LogP contribution in [0.5, 0.6) is 11.5 Å². The maximum absolute atomic E-state index is 12.3. The molecular weight excluding hydrogens is 380 g/mol. The van der Waals surface area contributed by atoms with Crippen molar-refractivity contribution in [2.24, 2.45) is 0 Å². The van der Waals surface area contributed by atoms with Gasteiger partial charge in [-0.3, -0.25) is 0 Å². The van der Waals surface area contributed by atoms with Crippen LogP contribution in [0.1, 0.15) is 18.5 Å². The zero-order valence-corrected chi connectivity index (χ0v) is 15.7. The summed E-state index contributed by atoms with van der Waals surface area (Å²) in [6.45, 7) is 1.69. The predicted octanol–water partition coefficient (Wildman–Crippen LogP) is 2.61. The van der Waals surface area contributed by atoms with Gasteiger partial charge in [-0.15, -0.1) is 0 Å². The van der Waals surface area contributed by atoms with Gasteiger partial charge in [0.1, 0.15) is 11.5 Å². The van der Waals surface area contributed by atoms with Crippen LogP contribution in [0, 0.1) is 0 Å². The van der Waals surface area contributed by atoms with Crippen LogP contribution in [0.15, 0.2) is 27.9 Å². The zero-order chi connectivity index (χ0) is 18.0. The number of hydrogen-bond donors (Lipinski definition) is 1. The molecule has 0 aliphatic carbocycles. The molecule has 0 unspecified atom stereocenters. The molecule has 1 aliphatic rings. The number of halogens is 1. The minimum Gasteiger partial charge on any atom is -0.496 e. The van der Waals surface area contributed by atoms with Gasteiger partial charge in [0, 0.05) is 18.3 Å². The van der Waals surface area contributed by atoms with Crippen LogP contribution in [0.4, 0.5) is 4.79 Å². The van der Waals surface area contributed by atoms with E-state index < -0.39 is 12.0 Å². The first-order valence-electron chi connectivity index (χ1n) is 7.10. The third-order valence-electron chi connectivity index (χ3n) is 3.97. The van der Waals surface area contributed by atoms with E-state index in [1.54, 1.807) is 26.1 Å². The average Bonchev–Trinajstić information content (AvgIpc) is 2.58. The number of hydrogen-bond acceptors (Lipinski definition) is 5. The van der Waals surface area contributed by atoms with Gasteiger partial charge < -0.3 is 24.4 Å². The monoisotopic (exact) mass is 398 g/mol. The van der Waals surface area contributed by atoms with Gasteiger partial charge in [0.25, 0.3) is 0 Å². The maximum atomic E-state index is 12.3. The molecule has 24 heavy (non-hydrogen) atoms. The molecule has 1 atom stereocenters. The summed E-state index contributed by atoms with van der Waals surface area (Å²) < 4.78 is 16.3. The lowest BCUT2D eigenvalue weighted by atomic mass is 9.94. The number of amides is 2. The summed E-state index contributed by atoms with van der Waals surface area (Å²) in [5.74, 6) is 0.542. The van der Waals surface area contributed by atoms with Crippen molar-refractivity contribution in [2.45, 2.75) is 13.0 Å². The third kappa shape index (κ3) is 3.06. The third-order valence-corrected chi connectivity index (χ3v) is 4.59. The van der Waals surface area contributed by atoms with E-state index in [1.807, 2.05) is 0 Å². The molecule has 0 saturated heterocycles. The highest BCUT2D eigenvalue weighted by Gasteiger charge is 2.36. The minimum atomic E-state index is -0.710. The molecule has 8 heteroatoms. The lowest BCUT2D eigenvalue weighted by Gasteiger charge is -2.33. The van der Waals surface area contributed by atoms with E-state index >= 15 is 0 Å². The SMILES string of the molecule is COC(=O)C1=C(C)N(C)C(=O)N[C@H]1c1cc(OC)c(Br)cc1OC. The van der Waals surface area contributed by atoms with Gasteiger partial charge in [-0.1, -0.05) is 0 Å². The van der Waals surface area contributed by atoms with Crippen LogP contribution in [0.2, 0.25) is 0 Å². The summed E-state index contributed by atoms with van der Waals surface area (Å²) in [6.07, 6.45) is 0. The second kappa shape index (κ2) is 7.12. The summed E-state index contributed by atoms with van der Waals surface area (Å²) >= 11 is 3.39. The van der Waals surface area contributed by atoms with E-state index in [1.165, 1.54) is 26.2 Å². The highest BCUT2D eigenvalue weighted by Crippen LogP contribution is 2.40. The maximum Gasteiger partial charge on any atom is 0.337 e. The molecular formula is C16H19BrN2O5. The molecule has 1 N–H and O–H groups in total. The number of methoxy groups -OCH3 is 3. The smallest absolute Gasteiger partial charge is 0.337 e. The molecule has 0 radical (unpaired) electrons. The fraction of sp³-hybridized carbons (Fsp3) is 0.375. The van der Waals surface area contributed by atoms with Crippen LogP contribution < -0.4 is 14.8 Å². The molecule has 1 aromatic rings. The van der Waals surface area contributed by atoms with Crippen LogP contribution in [-0.2, 0) is 9.53 Å². The van der Waals surface area contributed by atoms with Gasteiger partial charge in [-0.2, -0.15) is 0 Å². The molecule has 0 saturated carbocycles. The number of carbonyl (C=O) groups excluding carboxylic acids is 2. The van der Waals surface area contributed by atoms with E-state index in [0.29, 0.717) is 32.8 Å². The van der Waals surface area contributed by atoms with Gasteiger partial charge >= 0.3 is 12.0 Å². The zero-order valence-electron chi connectivity index (χ0n) is 14.1. The van der Waals surface area contributed by atoms with Crippen LogP contribution in [0.3, 0.4) is 0 Å². The number of rotatable bonds is 4. The van der Waals surface area contributed by atoms with Gasteiger partial charge in [-0.25, -0.2) is 9.59 Å². The normalized spacial score (nSPS) is 17.5. The number of nitrogens with zero attached hydrogens (tertiary/aromatic N) is 1. The number of ether oxygens (including phenoxy) is 3. The topological polar surface area (TPSA) is 77.1 Å². The first-order valence-corrected chi connectivity index (χ1v) is 7.89. The van der Waals surface area contributed by atoms with Crippen molar-refractivity contribution in [3.05, 3.63) is 33.4 Å². The summed E-state index contributed by atoms with van der Waals surface area (Å²) in [6, 6.07) is 2.41. The van der Waals surface area contributed by atoms with Crippen molar-refractivity contribution in [3.8, 4) is 11.5 Å². The highest BCUT2D eigenvalue weighted by atomic mass is 79.9. The first-order chi connectivity index (χ1) is 11.3. The quantitative estimate of drug-likeness (QED) is 0.788. The van der Waals surface area contributed by atoms with Gasteiger partial charge in [0.05, 0.1) is 37.4 Å². The molecule has 1 aromatic carbocycles. The van der Waals surface area contributed by atoms with Crippen molar-refractivity contribution < 1.29 is 23.8 Å². The predicted molar refractivity (Wildman–Crippen MR) is 91.0 cm³/mol. The standard InChI is InChI=1S/C16H19BrN2O5/c1-8-13(15(20)24-5)14(18-16(21)19(8)2)9-6-12(23-4)10(17)7-11(9)22-3/h6-7,14H,1-5H3,(H,18,21)/t14-/m0/s1. The van der Waals surface area contributed by atoms with Crippen molar-refractivity contribution in [1.29, 1.82) is 0 Å². The summed E-state index contributed by atoms with van der Waals surface area (Å²) in [4.78, 5) is 25.9. The van der Waals surface area contributed by atoms with Gasteiger partial charge in [-0.05, 0) is 35.0 Å². The second-order valence-corrected chi connectivity index (χ2v) is 6.02. The largest absolute Gasteiger partial charge is 0.496 e. The van der Waals surface area contributed by atoms with Crippen molar-refractivity contribution in [2.75, 3.05) is 28.4 Å². The molecule has 1 heterocycles. The van der Waals surface area contributed by atoms with E-state index in [2.05, 4.69) is 21.2 Å². The molecule has 0 aromatic heterocycles. The Morgan fingerprint density at radius 3 is 2.38 bits per heavy atom. The highest BCUT2D eigenvalue weighted by molar-refractivity contribution is 9.10. The molecule has 2 amide bonds. The van der Waals surface area contributed by atoms with Crippen molar-refractivity contribution in [1.82, 2.24) is 10.2 Å². The Kier molecular flexibility index (Phi) is 5.38. The van der Waals surface area contributed by atoms with Gasteiger partial charge in [0.2, 0.25) is 0 Å². The Bertz CT molecular complexity index is 717. The fourth-order valence-electron chi connectivity index (χ4n) is 2.55. The van der Waals surface area contributed by atoms with E-state index in [4.69, 9.17) is 14.2 Å². The Hall–Kier alpha value is -2.22. The lowest BCUT2D eigenvalue weighted by molar-refractivity contribution is -0.136. The molecule has 0 spiro atoms. The van der Waals surface area contributed by atoms with E-state index in [-0.39, 0.29) is 6.03 Å². The molecule has 0 bridgehead atoms. The number of carbonyl (C=O) groups is 2. The summed E-state index contributed by atoms with van der Waals surface area (Å²) in [7, 11) is 5.94. The molecule has 1 aliphatic heterocycles. The van der Waals surface area contributed by atoms with Crippen molar-refractivity contribution in [3.63, 3.8) is 0 Å². The average molecular weight is 399 g/mol. The number of benzene rings is 1. The van der Waals surface area contributed by atoms with Crippen LogP contribution >= 0.6 is 15.9 Å². The summed E-state index contributed by atoms with van der Waals surface area (Å²) in [5, 5.41) is 2.80. The van der Waals surface area contributed by atoms with E-state index in [0.717, 1.165) is 0 Å². The fourth-order valence-corrected chi connectivity index (χ4v) is 3.04. The van der Waals surface area contributed by atoms with Crippen molar-refractivity contribution >= 4 is 27.9 Å². The van der Waals surface area contributed by atoms with E-state index in [9.17, 15) is 9.59 Å². The molecule has 2 rings (SSSR count). The Labute approximate surface area is 148 Å². The Balaban J connectivity index is 2.68. The summed E-state index contributed by atoms with van der Waals surface area (Å²) in [5.41, 5.74) is 1.44. The molecule has 7 nitrogen and oxygen atoms in total. The van der Waals surface area contributed by atoms with Gasteiger partial charge in [0.15, 0.2) is 0 Å². The lowest BCUT2D eigenvalue weighted by Crippen LogP contribution is -2.46. The van der Waals surface area contributed by atoms with Crippen LogP contribution in [0.25, 0.3) is 0 Å². The number of esters is 1. The Morgan fingerprint density at radius 1 is 1.21 bits per heavy atom. The van der Waals surface area contributed by atoms with Crippen LogP contribution in [-0.4, -0.2) is 45.3 Å². The Morgan fingerprint density at radius 2 is 1.83 bits per heavy atom. The molecule has 0 fully saturated rings. The number of urea groups is 1.